The van der Waals surface area contributed by atoms with E-state index in [9.17, 15) is 9.59 Å². The molecule has 1 aromatic carbocycles. The number of Topliss-reactive ketones (excluding diaryl/α,β-unsaturated/α-hetero) is 1. The van der Waals surface area contributed by atoms with Crippen LogP contribution in [-0.4, -0.2) is 24.4 Å². The molecule has 1 amide bonds. The lowest BCUT2D eigenvalue weighted by Gasteiger charge is -2.08. The van der Waals surface area contributed by atoms with Crippen molar-refractivity contribution in [3.05, 3.63) is 29.3 Å². The topological polar surface area (TPSA) is 55.4 Å². The van der Waals surface area contributed by atoms with Gasteiger partial charge in [-0.1, -0.05) is 0 Å². The summed E-state index contributed by atoms with van der Waals surface area (Å²) >= 11 is 0. The molecule has 4 nitrogen and oxygen atoms in total. The lowest BCUT2D eigenvalue weighted by atomic mass is 9.94. The molecule has 1 N–H and O–H groups in total. The van der Waals surface area contributed by atoms with Gasteiger partial charge in [0, 0.05) is 17.2 Å². The van der Waals surface area contributed by atoms with Crippen LogP contribution in [0.3, 0.4) is 0 Å². The molecule has 0 spiro atoms. The third kappa shape index (κ3) is 1.93. The van der Waals surface area contributed by atoms with Crippen molar-refractivity contribution in [3.8, 4) is 0 Å². The highest BCUT2D eigenvalue weighted by molar-refractivity contribution is 6.03. The molecular weight excluding hydrogens is 230 g/mol. The summed E-state index contributed by atoms with van der Waals surface area (Å²) in [5, 5.41) is 2.77. The number of ketones is 1. The molecule has 4 heteroatoms. The minimum atomic E-state index is -0.0388. The first-order chi connectivity index (χ1) is 8.63. The Morgan fingerprint density at radius 1 is 1.44 bits per heavy atom. The number of carbonyl (C=O) groups is 2. The maximum Gasteiger partial charge on any atom is 0.228 e. The van der Waals surface area contributed by atoms with Gasteiger partial charge in [-0.05, 0) is 37.1 Å². The lowest BCUT2D eigenvalue weighted by Crippen LogP contribution is -2.15. The zero-order valence-corrected chi connectivity index (χ0v) is 10.2. The summed E-state index contributed by atoms with van der Waals surface area (Å²) in [6, 6.07) is 5.43. The van der Waals surface area contributed by atoms with Gasteiger partial charge in [-0.15, -0.1) is 0 Å². The monoisotopic (exact) mass is 245 g/mol. The van der Waals surface area contributed by atoms with Gasteiger partial charge in [0.1, 0.15) is 0 Å². The van der Waals surface area contributed by atoms with E-state index in [1.165, 1.54) is 0 Å². The minimum absolute atomic E-state index is 0.00702. The summed E-state index contributed by atoms with van der Waals surface area (Å²) in [5.74, 6) is 0.0806. The molecule has 3 rings (SSSR count). The van der Waals surface area contributed by atoms with Crippen LogP contribution in [-0.2, 0) is 16.0 Å². The van der Waals surface area contributed by atoms with Crippen LogP contribution < -0.4 is 5.32 Å². The van der Waals surface area contributed by atoms with Gasteiger partial charge in [0.25, 0.3) is 0 Å². The quantitative estimate of drug-likeness (QED) is 0.808. The molecule has 18 heavy (non-hydrogen) atoms. The average molecular weight is 245 g/mol. The minimum Gasteiger partial charge on any atom is -0.378 e. The van der Waals surface area contributed by atoms with E-state index in [1.54, 1.807) is 6.07 Å². The van der Waals surface area contributed by atoms with E-state index in [0.29, 0.717) is 18.6 Å². The normalized spacial score (nSPS) is 25.9. The second kappa shape index (κ2) is 4.21. The van der Waals surface area contributed by atoms with Crippen molar-refractivity contribution in [3.63, 3.8) is 0 Å². The van der Waals surface area contributed by atoms with Crippen LogP contribution in [0.15, 0.2) is 18.2 Å². The first kappa shape index (κ1) is 11.4. The number of fused-ring (bicyclic) bond motifs is 1. The molecule has 1 fully saturated rings. The van der Waals surface area contributed by atoms with Gasteiger partial charge in [-0.25, -0.2) is 0 Å². The van der Waals surface area contributed by atoms with E-state index in [2.05, 4.69) is 5.32 Å². The fourth-order valence-corrected chi connectivity index (χ4v) is 2.62. The molecule has 1 saturated heterocycles. The van der Waals surface area contributed by atoms with Crippen molar-refractivity contribution in [2.45, 2.75) is 25.9 Å². The second-order valence-electron chi connectivity index (χ2n) is 5.04. The number of benzene rings is 1. The zero-order chi connectivity index (χ0) is 12.7. The Bertz CT molecular complexity index is 524. The smallest absolute Gasteiger partial charge is 0.228 e. The number of ether oxygens (including phenoxy) is 1. The number of carbonyl (C=O) groups excluding carboxylic acids is 2. The molecular formula is C14H15NO3. The fourth-order valence-electron chi connectivity index (χ4n) is 2.62. The van der Waals surface area contributed by atoms with Crippen molar-refractivity contribution in [1.82, 2.24) is 0 Å². The van der Waals surface area contributed by atoms with Crippen molar-refractivity contribution >= 4 is 17.4 Å². The summed E-state index contributed by atoms with van der Waals surface area (Å²) in [5.41, 5.74) is 2.43. The molecule has 0 aromatic heterocycles. The molecule has 0 saturated carbocycles. The van der Waals surface area contributed by atoms with Crippen LogP contribution in [0.1, 0.15) is 29.3 Å². The van der Waals surface area contributed by atoms with Crippen LogP contribution in [0, 0.1) is 5.92 Å². The number of anilines is 1. The zero-order valence-electron chi connectivity index (χ0n) is 10.2. The van der Waals surface area contributed by atoms with Crippen molar-refractivity contribution in [2.75, 3.05) is 11.9 Å². The third-order valence-electron chi connectivity index (χ3n) is 3.58. The molecule has 2 aliphatic heterocycles. The van der Waals surface area contributed by atoms with Crippen LogP contribution >= 0.6 is 0 Å². The van der Waals surface area contributed by atoms with Crippen LogP contribution in [0.2, 0.25) is 0 Å². The SMILES string of the molecule is CC1CC(C(=O)c2ccc3c(c2)CC(=O)N3)CO1. The summed E-state index contributed by atoms with van der Waals surface area (Å²) in [7, 11) is 0. The molecule has 2 aliphatic rings. The Labute approximate surface area is 105 Å². The van der Waals surface area contributed by atoms with E-state index < -0.39 is 0 Å². The molecule has 1 aromatic rings. The highest BCUT2D eigenvalue weighted by Crippen LogP contribution is 2.27. The van der Waals surface area contributed by atoms with E-state index in [-0.39, 0.29) is 23.7 Å². The van der Waals surface area contributed by atoms with Crippen molar-refractivity contribution < 1.29 is 14.3 Å². The maximum absolute atomic E-state index is 12.3. The molecule has 94 valence electrons. The van der Waals surface area contributed by atoms with E-state index in [4.69, 9.17) is 4.74 Å². The fraction of sp³-hybridized carbons (Fsp3) is 0.429. The second-order valence-corrected chi connectivity index (χ2v) is 5.04. The van der Waals surface area contributed by atoms with Gasteiger partial charge in [-0.2, -0.15) is 0 Å². The molecule has 0 bridgehead atoms. The molecule has 2 unspecified atom stereocenters. The van der Waals surface area contributed by atoms with Gasteiger partial charge in [0.2, 0.25) is 5.91 Å². The Balaban J connectivity index is 1.83. The third-order valence-corrected chi connectivity index (χ3v) is 3.58. The Morgan fingerprint density at radius 2 is 2.28 bits per heavy atom. The predicted molar refractivity (Wildman–Crippen MR) is 66.6 cm³/mol. The summed E-state index contributed by atoms with van der Waals surface area (Å²) < 4.78 is 5.43. The highest BCUT2D eigenvalue weighted by atomic mass is 16.5. The number of rotatable bonds is 2. The van der Waals surface area contributed by atoms with Crippen molar-refractivity contribution in [1.29, 1.82) is 0 Å². The van der Waals surface area contributed by atoms with E-state index in [0.717, 1.165) is 17.7 Å². The predicted octanol–water partition coefficient (Wildman–Crippen LogP) is 1.79. The van der Waals surface area contributed by atoms with Gasteiger partial charge in [0.15, 0.2) is 5.78 Å². The number of hydrogen-bond donors (Lipinski definition) is 1. The first-order valence-corrected chi connectivity index (χ1v) is 6.22. The van der Waals surface area contributed by atoms with Gasteiger partial charge < -0.3 is 10.1 Å². The molecule has 2 atom stereocenters. The van der Waals surface area contributed by atoms with Gasteiger partial charge >= 0.3 is 0 Å². The van der Waals surface area contributed by atoms with Crippen LogP contribution in [0.25, 0.3) is 0 Å². The molecule has 2 heterocycles. The van der Waals surface area contributed by atoms with Gasteiger partial charge in [0.05, 0.1) is 19.1 Å². The van der Waals surface area contributed by atoms with Crippen LogP contribution in [0.4, 0.5) is 5.69 Å². The largest absolute Gasteiger partial charge is 0.378 e. The van der Waals surface area contributed by atoms with Crippen molar-refractivity contribution in [2.24, 2.45) is 5.92 Å². The number of amides is 1. The summed E-state index contributed by atoms with van der Waals surface area (Å²) in [6.45, 7) is 2.49. The number of hydrogen-bond acceptors (Lipinski definition) is 3. The van der Waals surface area contributed by atoms with E-state index in [1.807, 2.05) is 19.1 Å². The highest BCUT2D eigenvalue weighted by Gasteiger charge is 2.29. The summed E-state index contributed by atoms with van der Waals surface area (Å²) in [6.07, 6.45) is 1.32. The van der Waals surface area contributed by atoms with Crippen LogP contribution in [0.5, 0.6) is 0 Å². The summed E-state index contributed by atoms with van der Waals surface area (Å²) in [4.78, 5) is 23.6. The maximum atomic E-state index is 12.3. The lowest BCUT2D eigenvalue weighted by molar-refractivity contribution is -0.115. The first-order valence-electron chi connectivity index (χ1n) is 6.22. The number of nitrogens with one attached hydrogen (secondary N) is 1. The van der Waals surface area contributed by atoms with Gasteiger partial charge in [-0.3, -0.25) is 9.59 Å². The molecule has 0 radical (unpaired) electrons. The Morgan fingerprint density at radius 3 is 3.00 bits per heavy atom. The Hall–Kier alpha value is -1.68. The Kier molecular flexibility index (Phi) is 2.67. The molecule has 0 aliphatic carbocycles. The standard InChI is InChI=1S/C14H15NO3/c1-8-4-11(7-18-8)14(17)9-2-3-12-10(5-9)6-13(16)15-12/h2-3,5,8,11H,4,6-7H2,1H3,(H,15,16). The van der Waals surface area contributed by atoms with E-state index >= 15 is 0 Å². The average Bonchev–Trinajstić information content (AvgIpc) is 2.92.